The number of hydrogen-bond acceptors (Lipinski definition) is 14. The van der Waals surface area contributed by atoms with Crippen LogP contribution in [-0.2, 0) is 38.1 Å². The predicted octanol–water partition coefficient (Wildman–Crippen LogP) is 5.29. The van der Waals surface area contributed by atoms with E-state index in [0.717, 1.165) is 0 Å². The van der Waals surface area contributed by atoms with Gasteiger partial charge in [-0.1, -0.05) is 87.5 Å². The predicted molar refractivity (Wildman–Crippen MR) is 235 cm³/mol. The summed E-state index contributed by atoms with van der Waals surface area (Å²) in [5.74, 6) is -5.30. The summed E-state index contributed by atoms with van der Waals surface area (Å²) in [7, 11) is 0. The van der Waals surface area contributed by atoms with Gasteiger partial charge in [0, 0.05) is 124 Å². The van der Waals surface area contributed by atoms with Gasteiger partial charge in [0.25, 0.3) is 5.91 Å². The fourth-order valence-electron chi connectivity index (χ4n) is 10.4. The van der Waals surface area contributed by atoms with Crippen molar-refractivity contribution in [1.29, 1.82) is 0 Å². The summed E-state index contributed by atoms with van der Waals surface area (Å²) in [6.45, 7) is 7.85. The van der Waals surface area contributed by atoms with Crippen molar-refractivity contribution in [2.75, 3.05) is 18.8 Å². The van der Waals surface area contributed by atoms with Crippen molar-refractivity contribution < 1.29 is 151 Å². The summed E-state index contributed by atoms with van der Waals surface area (Å²) in [4.78, 5) is 71.6. The summed E-state index contributed by atoms with van der Waals surface area (Å²) in [5.41, 5.74) is -6.45. The Morgan fingerprint density at radius 3 is 2.05 bits per heavy atom. The topological polar surface area (TPSA) is 204 Å². The second-order valence-electron chi connectivity index (χ2n) is 18.0. The number of carbonyl (C=O) groups excluding carboxylic acids is 5. The van der Waals surface area contributed by atoms with Gasteiger partial charge in [-0.3, -0.25) is 14.4 Å². The Kier molecular flexibility index (Phi) is 18.6. The van der Waals surface area contributed by atoms with Gasteiger partial charge >= 0.3 is 17.9 Å². The van der Waals surface area contributed by atoms with E-state index < -0.39 is 107 Å². The molecule has 10 unspecified atom stereocenters. The molecule has 11 atom stereocenters. The van der Waals surface area contributed by atoms with Crippen molar-refractivity contribution in [3.8, 4) is 0 Å². The third-order valence-corrected chi connectivity index (χ3v) is 14.3. The fourth-order valence-corrected chi connectivity index (χ4v) is 10.7. The number of aliphatic hydroxyl groups is 3. The number of benzene rings is 3. The number of esters is 3. The quantitative estimate of drug-likeness (QED) is 0.0702. The smallest absolute Gasteiger partial charge is 0.350 e. The number of amides is 1. The Morgan fingerprint density at radius 1 is 0.894 bits per heavy atom. The molecule has 17 heteroatoms. The van der Waals surface area contributed by atoms with Gasteiger partial charge in [-0.25, -0.2) is 9.59 Å². The van der Waals surface area contributed by atoms with Crippen molar-refractivity contribution in [2.24, 2.45) is 16.7 Å². The second kappa shape index (κ2) is 22.4. The molecular formula is C49H57Ac2NO13S. The minimum Gasteiger partial charge on any atom is -0.455 e. The van der Waals surface area contributed by atoms with E-state index in [-0.39, 0.29) is 136 Å². The van der Waals surface area contributed by atoms with Crippen LogP contribution in [0.25, 0.3) is 0 Å². The number of rotatable bonds is 14. The number of ether oxygens (including phenoxy) is 5. The Labute approximate surface area is 461 Å². The van der Waals surface area contributed by atoms with Crippen LogP contribution in [0.3, 0.4) is 0 Å². The van der Waals surface area contributed by atoms with Crippen molar-refractivity contribution in [3.63, 3.8) is 0 Å². The molecule has 1 aliphatic heterocycles. The number of thioether (sulfide) groups is 1. The molecule has 3 fully saturated rings. The molecular weight excluding hydrogens is 1300 g/mol. The monoisotopic (exact) mass is 1350 g/mol. The fraction of sp³-hybridized carbons (Fsp3) is 0.490. The maximum absolute atomic E-state index is 15.3. The van der Waals surface area contributed by atoms with E-state index in [1.807, 2.05) is 6.26 Å². The third kappa shape index (κ3) is 10.1. The number of carbonyl (C=O) groups is 5. The number of hydrogen-bond donors (Lipinski definition) is 4. The van der Waals surface area contributed by atoms with Crippen LogP contribution in [0.4, 0.5) is 0 Å². The third-order valence-electron chi connectivity index (χ3n) is 14.0. The van der Waals surface area contributed by atoms with Crippen molar-refractivity contribution in [2.45, 2.75) is 114 Å². The minimum atomic E-state index is -2.29. The maximum Gasteiger partial charge on any atom is 0.350 e. The zero-order chi connectivity index (χ0) is 46.2. The van der Waals surface area contributed by atoms with Gasteiger partial charge in [0.1, 0.15) is 35.6 Å². The number of nitrogens with one attached hydrogen (secondary N) is 1. The molecule has 2 bridgehead atoms. The summed E-state index contributed by atoms with van der Waals surface area (Å²) < 4.78 is 30.8. The Hall–Kier alpha value is -2.02. The van der Waals surface area contributed by atoms with Crippen LogP contribution < -0.4 is 5.32 Å². The largest absolute Gasteiger partial charge is 0.455 e. The number of fused-ring (bicyclic) bond motifs is 5. The van der Waals surface area contributed by atoms with Crippen LogP contribution in [0.1, 0.15) is 92.6 Å². The average Bonchev–Trinajstić information content (AvgIpc) is 3.28. The normalized spacial score (nSPS) is 30.4. The van der Waals surface area contributed by atoms with Gasteiger partial charge < -0.3 is 44.3 Å². The van der Waals surface area contributed by atoms with Crippen molar-refractivity contribution in [3.05, 3.63) is 119 Å². The molecule has 66 heavy (non-hydrogen) atoms. The van der Waals surface area contributed by atoms with Crippen molar-refractivity contribution in [1.82, 2.24) is 5.32 Å². The first-order valence-electron chi connectivity index (χ1n) is 21.6. The van der Waals surface area contributed by atoms with Crippen LogP contribution in [-0.4, -0.2) is 112 Å². The van der Waals surface area contributed by atoms with E-state index in [4.69, 9.17) is 23.7 Å². The standard InChI is InChI=1S/C49H57NO13S.2Ac/c1-7-17-35(51)62-39(37(29-18-11-8-12-19-29)50-43(54)30-20-13-9-14-21-30)45(56)61-32-25-49(58)42(63-44(55)31-22-15-10-16-23-31)40-47(5,41(53)38(52)36(28(32)2)46(49,3)4)33(60-27-64-6)24-34-48(40,57)26-59-34;;/h8-16,18-23,32-34,37-40,42,52,57-58H,7,17,24-27H2,1-6H3,(H,50,54);;/t32?,33?,34?,37?,38?,39?,40?,42?,47-,48?,49?;;/m1../s1. The first kappa shape index (κ1) is 54.9. The molecule has 0 spiro atoms. The molecule has 2 radical (unpaired) electrons. The summed E-state index contributed by atoms with van der Waals surface area (Å²) >= 11 is 1.36. The van der Waals surface area contributed by atoms with Crippen LogP contribution in [0.2, 0.25) is 0 Å². The van der Waals surface area contributed by atoms with Crippen molar-refractivity contribution >= 4 is 41.4 Å². The van der Waals surface area contributed by atoms with E-state index in [1.165, 1.54) is 23.9 Å². The molecule has 3 aromatic rings. The zero-order valence-electron chi connectivity index (χ0n) is 38.0. The van der Waals surface area contributed by atoms with E-state index in [9.17, 15) is 34.5 Å². The maximum atomic E-state index is 15.3. The van der Waals surface area contributed by atoms with E-state index >= 15 is 4.79 Å². The minimum absolute atomic E-state index is 0. The molecule has 348 valence electrons. The Balaban J connectivity index is 0.00000408. The molecule has 1 saturated heterocycles. The van der Waals surface area contributed by atoms with Gasteiger partial charge in [0.05, 0.1) is 35.7 Å². The summed E-state index contributed by atoms with van der Waals surface area (Å²) in [5, 5.41) is 41.7. The average molecular weight is 1350 g/mol. The van der Waals surface area contributed by atoms with Gasteiger partial charge in [-0.05, 0) is 67.5 Å². The van der Waals surface area contributed by atoms with Crippen LogP contribution in [0, 0.1) is 105 Å². The first-order chi connectivity index (χ1) is 30.4. The molecule has 0 aromatic heterocycles. The Morgan fingerprint density at radius 2 is 1.48 bits per heavy atom. The number of ketones is 1. The van der Waals surface area contributed by atoms with Crippen LogP contribution in [0.5, 0.6) is 0 Å². The van der Waals surface area contributed by atoms with E-state index in [1.54, 1.807) is 113 Å². The van der Waals surface area contributed by atoms with E-state index in [2.05, 4.69) is 5.32 Å². The van der Waals surface area contributed by atoms with E-state index in [0.29, 0.717) is 12.0 Å². The van der Waals surface area contributed by atoms with Gasteiger partial charge in [-0.2, -0.15) is 0 Å². The molecule has 4 aliphatic rings. The zero-order valence-corrected chi connectivity index (χ0v) is 48.3. The van der Waals surface area contributed by atoms with Crippen LogP contribution in [0.15, 0.2) is 102 Å². The SMILES string of the molecule is CCCC(=O)OC(C(=O)OC1CC2(O)C(OC(=O)c3ccccc3)C3C4(O)COC4CC(OCSC)[C@@]3(C)C(=O)C(O)C(=C1C)C2(C)C)C(NC(=O)c1ccccc1)c1ccccc1.[Ac].[Ac]. The molecule has 2 saturated carbocycles. The molecule has 1 heterocycles. The molecule has 4 N–H and O–H groups in total. The number of Topliss-reactive ketones (excluding diaryl/α,β-unsaturated/α-hetero) is 1. The molecule has 7 rings (SSSR count). The van der Waals surface area contributed by atoms with Gasteiger partial charge in [0.15, 0.2) is 5.78 Å². The second-order valence-corrected chi connectivity index (χ2v) is 18.8. The number of aliphatic hydroxyl groups excluding tert-OH is 1. The summed E-state index contributed by atoms with van der Waals surface area (Å²) in [6.07, 6.45) is -6.95. The molecule has 14 nitrogen and oxygen atoms in total. The molecule has 3 aromatic carbocycles. The van der Waals surface area contributed by atoms with Crippen LogP contribution >= 0.6 is 11.8 Å². The molecule has 3 aliphatic carbocycles. The van der Waals surface area contributed by atoms with Gasteiger partial charge in [-0.15, -0.1) is 11.8 Å². The Bertz CT molecular complexity index is 2270. The first-order valence-corrected chi connectivity index (χ1v) is 23.0. The van der Waals surface area contributed by atoms with Gasteiger partial charge in [0.2, 0.25) is 6.10 Å². The molecule has 1 amide bonds. The summed E-state index contributed by atoms with van der Waals surface area (Å²) in [6, 6.07) is 23.5.